The lowest BCUT2D eigenvalue weighted by atomic mass is 9.91. The fraction of sp³-hybridized carbons (Fsp3) is 0.500. The quantitative estimate of drug-likeness (QED) is 0.335. The van der Waals surface area contributed by atoms with Crippen LogP contribution in [0.1, 0.15) is 13.8 Å². The first-order valence-corrected chi connectivity index (χ1v) is 3.74. The monoisotopic (exact) mass is 167 g/mol. The highest BCUT2D eigenvalue weighted by atomic mass is 16.6. The first-order valence-electron chi connectivity index (χ1n) is 3.74. The van der Waals surface area contributed by atoms with Gasteiger partial charge in [-0.3, -0.25) is 10.1 Å². The van der Waals surface area contributed by atoms with Crippen LogP contribution in [0.4, 0.5) is 0 Å². The summed E-state index contributed by atoms with van der Waals surface area (Å²) in [4.78, 5) is 10.00. The Morgan fingerprint density at radius 2 is 2.17 bits per heavy atom. The number of epoxide rings is 1. The van der Waals surface area contributed by atoms with Crippen molar-refractivity contribution in [3.8, 4) is 0 Å². The summed E-state index contributed by atoms with van der Waals surface area (Å²) in [6, 6.07) is 0. The number of ether oxygens (including phenoxy) is 1. The van der Waals surface area contributed by atoms with Gasteiger partial charge in [-0.05, 0) is 19.9 Å². The van der Waals surface area contributed by atoms with E-state index in [0.717, 1.165) is 0 Å². The fourth-order valence-electron chi connectivity index (χ4n) is 1.48. The minimum Gasteiger partial charge on any atom is -0.354 e. The molecule has 0 aromatic carbocycles. The van der Waals surface area contributed by atoms with Crippen molar-refractivity contribution in [1.29, 1.82) is 0 Å². The zero-order valence-corrected chi connectivity index (χ0v) is 6.90. The Balaban J connectivity index is 2.35. The molecule has 2 rings (SSSR count). The van der Waals surface area contributed by atoms with Crippen molar-refractivity contribution in [3.63, 3.8) is 0 Å². The molecule has 0 bridgehead atoms. The number of fused-ring (bicyclic) bond motifs is 1. The van der Waals surface area contributed by atoms with Gasteiger partial charge in [-0.15, -0.1) is 0 Å². The Bertz CT molecular complexity index is 320. The Morgan fingerprint density at radius 1 is 1.50 bits per heavy atom. The van der Waals surface area contributed by atoms with E-state index in [2.05, 4.69) is 0 Å². The van der Waals surface area contributed by atoms with Crippen LogP contribution in [0.5, 0.6) is 0 Å². The number of rotatable bonds is 1. The molecule has 1 aliphatic carbocycles. The third-order valence-electron chi connectivity index (χ3n) is 2.57. The predicted molar refractivity (Wildman–Crippen MR) is 42.1 cm³/mol. The van der Waals surface area contributed by atoms with Gasteiger partial charge in [0, 0.05) is 12.2 Å². The maximum atomic E-state index is 10.4. The number of allylic oxidation sites excluding steroid dienone is 1. The Kier molecular flexibility index (Phi) is 1.10. The van der Waals surface area contributed by atoms with Gasteiger partial charge in [0.15, 0.2) is 0 Å². The van der Waals surface area contributed by atoms with Gasteiger partial charge in [-0.2, -0.15) is 0 Å². The average molecular weight is 167 g/mol. The minimum atomic E-state index is -0.454. The van der Waals surface area contributed by atoms with Crippen LogP contribution in [-0.2, 0) is 4.74 Å². The second kappa shape index (κ2) is 1.77. The highest BCUT2D eigenvalue weighted by Crippen LogP contribution is 2.52. The van der Waals surface area contributed by atoms with Crippen LogP contribution in [0.25, 0.3) is 0 Å². The molecule has 1 fully saturated rings. The first kappa shape index (κ1) is 7.49. The highest BCUT2D eigenvalue weighted by molar-refractivity contribution is 5.39. The molecule has 4 nitrogen and oxygen atoms in total. The lowest BCUT2D eigenvalue weighted by Crippen LogP contribution is -2.20. The van der Waals surface area contributed by atoms with Crippen molar-refractivity contribution in [2.45, 2.75) is 25.0 Å². The summed E-state index contributed by atoms with van der Waals surface area (Å²) in [7, 11) is 0. The molecule has 1 aliphatic heterocycles. The van der Waals surface area contributed by atoms with E-state index in [9.17, 15) is 10.1 Å². The van der Waals surface area contributed by atoms with Crippen LogP contribution in [0.2, 0.25) is 0 Å². The van der Waals surface area contributed by atoms with E-state index >= 15 is 0 Å². The summed E-state index contributed by atoms with van der Waals surface area (Å²) in [5.74, 6) is 0. The molecule has 4 heteroatoms. The van der Waals surface area contributed by atoms with E-state index in [1.165, 1.54) is 6.08 Å². The molecule has 0 aromatic heterocycles. The molecule has 1 saturated heterocycles. The van der Waals surface area contributed by atoms with Crippen LogP contribution in [0.15, 0.2) is 23.9 Å². The Labute approximate surface area is 69.7 Å². The van der Waals surface area contributed by atoms with Crippen molar-refractivity contribution >= 4 is 0 Å². The molecule has 0 amide bonds. The third kappa shape index (κ3) is 0.754. The molecule has 0 aromatic rings. The second-order valence-electron chi connectivity index (χ2n) is 3.48. The van der Waals surface area contributed by atoms with Crippen molar-refractivity contribution < 1.29 is 9.66 Å². The molecule has 0 radical (unpaired) electrons. The maximum Gasteiger partial charge on any atom is 0.268 e. The lowest BCUT2D eigenvalue weighted by molar-refractivity contribution is -0.419. The molecule has 12 heavy (non-hydrogen) atoms. The molecule has 0 spiro atoms. The van der Waals surface area contributed by atoms with E-state index in [-0.39, 0.29) is 11.3 Å². The molecule has 2 aliphatic rings. The van der Waals surface area contributed by atoms with E-state index in [1.807, 2.05) is 13.8 Å². The zero-order chi connectivity index (χ0) is 8.98. The topological polar surface area (TPSA) is 55.7 Å². The van der Waals surface area contributed by atoms with Crippen LogP contribution in [0, 0.1) is 10.1 Å². The molecular formula is C8H9NO3. The molecule has 1 heterocycles. The summed E-state index contributed by atoms with van der Waals surface area (Å²) in [5, 5.41) is 10.4. The van der Waals surface area contributed by atoms with Crippen LogP contribution >= 0.6 is 0 Å². The van der Waals surface area contributed by atoms with Crippen molar-refractivity contribution in [1.82, 2.24) is 0 Å². The minimum absolute atomic E-state index is 0.118. The normalized spacial score (nSPS) is 43.3. The molecular weight excluding hydrogens is 158 g/mol. The zero-order valence-electron chi connectivity index (χ0n) is 6.90. The lowest BCUT2D eigenvalue weighted by Gasteiger charge is -2.07. The van der Waals surface area contributed by atoms with Crippen molar-refractivity contribution in [3.05, 3.63) is 34.0 Å². The average Bonchev–Trinajstić information content (AvgIpc) is 2.51. The molecule has 64 valence electrons. The van der Waals surface area contributed by atoms with Gasteiger partial charge in [-0.25, -0.2) is 0 Å². The molecule has 0 N–H and O–H groups in total. The Hall–Kier alpha value is -1.16. The third-order valence-corrected chi connectivity index (χ3v) is 2.57. The van der Waals surface area contributed by atoms with Crippen molar-refractivity contribution in [2.24, 2.45) is 0 Å². The van der Waals surface area contributed by atoms with E-state index in [4.69, 9.17) is 4.74 Å². The van der Waals surface area contributed by atoms with Gasteiger partial charge in [0.2, 0.25) is 0 Å². The highest BCUT2D eigenvalue weighted by Gasteiger charge is 2.63. The SMILES string of the molecule is CC12C=CC([N+](=O)[O-])=CC1(C)O2. The summed E-state index contributed by atoms with van der Waals surface area (Å²) in [5.41, 5.74) is -0.649. The van der Waals surface area contributed by atoms with Crippen LogP contribution < -0.4 is 0 Å². The van der Waals surface area contributed by atoms with Gasteiger partial charge in [-0.1, -0.05) is 0 Å². The maximum absolute atomic E-state index is 10.4. The van der Waals surface area contributed by atoms with Gasteiger partial charge in [0.1, 0.15) is 11.2 Å². The summed E-state index contributed by atoms with van der Waals surface area (Å²) in [6.07, 6.45) is 4.80. The van der Waals surface area contributed by atoms with E-state index < -0.39 is 10.5 Å². The summed E-state index contributed by atoms with van der Waals surface area (Å²) < 4.78 is 5.37. The fourth-order valence-corrected chi connectivity index (χ4v) is 1.48. The number of hydrogen-bond donors (Lipinski definition) is 0. The second-order valence-corrected chi connectivity index (χ2v) is 3.48. The van der Waals surface area contributed by atoms with Gasteiger partial charge in [0.05, 0.1) is 4.92 Å². The van der Waals surface area contributed by atoms with Gasteiger partial charge < -0.3 is 4.74 Å². The molecule has 2 unspecified atom stereocenters. The number of nitrogens with zero attached hydrogens (tertiary/aromatic N) is 1. The van der Waals surface area contributed by atoms with Gasteiger partial charge >= 0.3 is 0 Å². The van der Waals surface area contributed by atoms with E-state index in [0.29, 0.717) is 0 Å². The van der Waals surface area contributed by atoms with Gasteiger partial charge in [0.25, 0.3) is 5.70 Å². The predicted octanol–water partition coefficient (Wildman–Crippen LogP) is 1.26. The smallest absolute Gasteiger partial charge is 0.268 e. The van der Waals surface area contributed by atoms with Crippen molar-refractivity contribution in [2.75, 3.05) is 0 Å². The van der Waals surface area contributed by atoms with E-state index in [1.54, 1.807) is 12.2 Å². The van der Waals surface area contributed by atoms with Crippen LogP contribution in [-0.4, -0.2) is 16.1 Å². The summed E-state index contributed by atoms with van der Waals surface area (Å²) in [6.45, 7) is 3.76. The number of nitro groups is 1. The van der Waals surface area contributed by atoms with Crippen LogP contribution in [0.3, 0.4) is 0 Å². The molecule has 0 saturated carbocycles. The largest absolute Gasteiger partial charge is 0.354 e. The number of hydrogen-bond acceptors (Lipinski definition) is 3. The first-order chi connectivity index (χ1) is 5.47. The Morgan fingerprint density at radius 3 is 2.67 bits per heavy atom. The molecule has 2 atom stereocenters. The standard InChI is InChI=1S/C8H9NO3/c1-7-4-3-6(9(10)11)5-8(7,2)12-7/h3-5H,1-2H3. The summed E-state index contributed by atoms with van der Waals surface area (Å²) >= 11 is 0.